The summed E-state index contributed by atoms with van der Waals surface area (Å²) < 4.78 is 17.2. The van der Waals surface area contributed by atoms with Crippen LogP contribution < -0.4 is 16.6 Å². The number of nitrogens with zero attached hydrogens (tertiary/aromatic N) is 1. The second kappa shape index (κ2) is 5.72. The van der Waals surface area contributed by atoms with E-state index in [1.54, 1.807) is 4.98 Å². The van der Waals surface area contributed by atoms with Crippen molar-refractivity contribution in [3.05, 3.63) is 32.9 Å². The lowest BCUT2D eigenvalue weighted by Gasteiger charge is -2.05. The number of ether oxygens (including phenoxy) is 1. The smallest absolute Gasteiger partial charge is 0.409 e. The fourth-order valence-electron chi connectivity index (χ4n) is 0.976. The largest absolute Gasteiger partial charge is 0.423 e. The lowest BCUT2D eigenvalue weighted by Crippen LogP contribution is -2.40. The van der Waals surface area contributed by atoms with Crippen LogP contribution >= 0.6 is 0 Å². The minimum atomic E-state index is -1.32. The van der Waals surface area contributed by atoms with E-state index in [4.69, 9.17) is 5.11 Å². The van der Waals surface area contributed by atoms with Gasteiger partial charge in [-0.25, -0.2) is 14.2 Å². The SMILES string of the molecule is O=C(NCC(=O)n1cc(F)c(=O)[nH]c1=O)OCO. The summed E-state index contributed by atoms with van der Waals surface area (Å²) >= 11 is 0. The first-order valence-electron chi connectivity index (χ1n) is 4.52. The summed E-state index contributed by atoms with van der Waals surface area (Å²) in [7, 11) is 0. The highest BCUT2D eigenvalue weighted by Gasteiger charge is 2.12. The van der Waals surface area contributed by atoms with Gasteiger partial charge in [0, 0.05) is 0 Å². The van der Waals surface area contributed by atoms with E-state index >= 15 is 0 Å². The summed E-state index contributed by atoms with van der Waals surface area (Å²) in [5, 5.41) is 10.1. The molecule has 10 heteroatoms. The molecule has 0 aliphatic carbocycles. The Bertz CT molecular complexity index is 577. The van der Waals surface area contributed by atoms with Gasteiger partial charge < -0.3 is 15.2 Å². The van der Waals surface area contributed by atoms with Gasteiger partial charge in [-0.2, -0.15) is 4.39 Å². The van der Waals surface area contributed by atoms with Crippen LogP contribution in [0.2, 0.25) is 0 Å². The average Bonchev–Trinajstić information content (AvgIpc) is 2.31. The molecule has 1 aromatic rings. The zero-order chi connectivity index (χ0) is 13.7. The maximum atomic E-state index is 12.8. The molecule has 1 heterocycles. The van der Waals surface area contributed by atoms with Crippen LogP contribution in [0.1, 0.15) is 4.79 Å². The molecule has 0 aliphatic rings. The van der Waals surface area contributed by atoms with E-state index in [1.165, 1.54) is 0 Å². The Morgan fingerprint density at radius 2 is 2.17 bits per heavy atom. The highest BCUT2D eigenvalue weighted by Crippen LogP contribution is 1.84. The standard InChI is InChI=1S/C8H8FN3O6/c9-4-2-12(7(16)11-6(4)15)5(14)1-10-8(17)18-3-13/h2,13H,1,3H2,(H,10,17)(H,11,15,16). The molecule has 18 heavy (non-hydrogen) atoms. The minimum Gasteiger partial charge on any atom is -0.423 e. The van der Waals surface area contributed by atoms with Crippen LogP contribution in [0.25, 0.3) is 0 Å². The highest BCUT2D eigenvalue weighted by atomic mass is 19.1. The first-order chi connectivity index (χ1) is 8.45. The van der Waals surface area contributed by atoms with Gasteiger partial charge in [-0.1, -0.05) is 0 Å². The van der Waals surface area contributed by atoms with Crippen LogP contribution in [0.15, 0.2) is 15.8 Å². The highest BCUT2D eigenvalue weighted by molar-refractivity contribution is 5.83. The Balaban J connectivity index is 2.79. The summed E-state index contributed by atoms with van der Waals surface area (Å²) in [5.41, 5.74) is -2.39. The molecule has 3 N–H and O–H groups in total. The van der Waals surface area contributed by atoms with Gasteiger partial charge in [0.15, 0.2) is 6.79 Å². The second-order valence-corrected chi connectivity index (χ2v) is 2.91. The maximum Gasteiger partial charge on any atom is 0.409 e. The van der Waals surface area contributed by atoms with Crippen molar-refractivity contribution in [2.45, 2.75) is 0 Å². The number of hydrogen-bond donors (Lipinski definition) is 3. The van der Waals surface area contributed by atoms with E-state index in [2.05, 4.69) is 4.74 Å². The van der Waals surface area contributed by atoms with E-state index in [-0.39, 0.29) is 4.57 Å². The fourth-order valence-corrected chi connectivity index (χ4v) is 0.976. The second-order valence-electron chi connectivity index (χ2n) is 2.91. The third-order valence-corrected chi connectivity index (χ3v) is 1.75. The van der Waals surface area contributed by atoms with Crippen molar-refractivity contribution in [2.75, 3.05) is 13.3 Å². The molecule has 0 fully saturated rings. The molecule has 0 saturated carbocycles. The zero-order valence-electron chi connectivity index (χ0n) is 8.81. The van der Waals surface area contributed by atoms with E-state index in [0.29, 0.717) is 6.20 Å². The number of halogens is 1. The predicted molar refractivity (Wildman–Crippen MR) is 53.5 cm³/mol. The molecule has 0 radical (unpaired) electrons. The number of H-pyrrole nitrogens is 1. The zero-order valence-corrected chi connectivity index (χ0v) is 8.81. The van der Waals surface area contributed by atoms with Gasteiger partial charge in [0.05, 0.1) is 6.20 Å². The molecule has 98 valence electrons. The van der Waals surface area contributed by atoms with Crippen molar-refractivity contribution in [2.24, 2.45) is 0 Å². The molecule has 0 atom stereocenters. The molecule has 1 aromatic heterocycles. The van der Waals surface area contributed by atoms with Crippen molar-refractivity contribution < 1.29 is 23.8 Å². The summed E-state index contributed by atoms with van der Waals surface area (Å²) in [4.78, 5) is 45.5. The number of aromatic nitrogens is 2. The molecule has 0 aromatic carbocycles. The normalized spacial score (nSPS) is 9.89. The minimum absolute atomic E-state index is 0.288. The molecule has 9 nitrogen and oxygen atoms in total. The quantitative estimate of drug-likeness (QED) is 0.539. The van der Waals surface area contributed by atoms with Gasteiger partial charge in [0.2, 0.25) is 5.82 Å². The predicted octanol–water partition coefficient (Wildman–Crippen LogP) is -2.01. The van der Waals surface area contributed by atoms with Crippen LogP contribution in [0, 0.1) is 5.82 Å². The molecular weight excluding hydrogens is 253 g/mol. The number of alkyl carbamates (subject to hydrolysis) is 1. The number of carbonyl (C=O) groups excluding carboxylic acids is 2. The number of aromatic amines is 1. The summed E-state index contributed by atoms with van der Waals surface area (Å²) in [5.74, 6) is -2.31. The topological polar surface area (TPSA) is 130 Å². The molecule has 0 saturated heterocycles. The Morgan fingerprint density at radius 3 is 2.78 bits per heavy atom. The number of aliphatic hydroxyl groups excluding tert-OH is 1. The van der Waals surface area contributed by atoms with Crippen LogP contribution in [-0.2, 0) is 4.74 Å². The van der Waals surface area contributed by atoms with Crippen molar-refractivity contribution in [3.63, 3.8) is 0 Å². The Hall–Kier alpha value is -2.49. The first kappa shape index (κ1) is 13.6. The number of rotatable bonds is 3. The molecule has 0 spiro atoms. The lowest BCUT2D eigenvalue weighted by atomic mass is 10.5. The third kappa shape index (κ3) is 3.25. The number of aliphatic hydroxyl groups is 1. The summed E-state index contributed by atoms with van der Waals surface area (Å²) in [6, 6.07) is 0. The van der Waals surface area contributed by atoms with Crippen LogP contribution in [0.4, 0.5) is 9.18 Å². The molecule has 0 aliphatic heterocycles. The number of carbonyl (C=O) groups is 2. The first-order valence-corrected chi connectivity index (χ1v) is 4.52. The third-order valence-electron chi connectivity index (χ3n) is 1.75. The van der Waals surface area contributed by atoms with Crippen molar-refractivity contribution in [3.8, 4) is 0 Å². The van der Waals surface area contributed by atoms with Crippen LogP contribution in [0.3, 0.4) is 0 Å². The average molecular weight is 261 g/mol. The number of nitrogens with one attached hydrogen (secondary N) is 2. The van der Waals surface area contributed by atoms with E-state index < -0.39 is 42.4 Å². The van der Waals surface area contributed by atoms with Crippen molar-refractivity contribution in [1.82, 2.24) is 14.9 Å². The Morgan fingerprint density at radius 1 is 1.50 bits per heavy atom. The van der Waals surface area contributed by atoms with Gasteiger partial charge in [-0.3, -0.25) is 14.6 Å². The molecule has 1 amide bonds. The Kier molecular flexibility index (Phi) is 4.32. The molecule has 1 rings (SSSR count). The lowest BCUT2D eigenvalue weighted by molar-refractivity contribution is 0.0437. The van der Waals surface area contributed by atoms with Crippen molar-refractivity contribution in [1.29, 1.82) is 0 Å². The summed E-state index contributed by atoms with van der Waals surface area (Å²) in [6.45, 7) is -1.56. The molecule has 0 bridgehead atoms. The van der Waals surface area contributed by atoms with Gasteiger partial charge in [0.1, 0.15) is 6.54 Å². The van der Waals surface area contributed by atoms with E-state index in [1.807, 2.05) is 5.32 Å². The van der Waals surface area contributed by atoms with Gasteiger partial charge in [-0.05, 0) is 0 Å². The fraction of sp³-hybridized carbons (Fsp3) is 0.250. The van der Waals surface area contributed by atoms with E-state index in [0.717, 1.165) is 0 Å². The monoisotopic (exact) mass is 261 g/mol. The van der Waals surface area contributed by atoms with E-state index in [9.17, 15) is 23.6 Å². The molecular formula is C8H8FN3O6. The maximum absolute atomic E-state index is 12.8. The van der Waals surface area contributed by atoms with Gasteiger partial charge >= 0.3 is 11.8 Å². The van der Waals surface area contributed by atoms with Gasteiger partial charge in [0.25, 0.3) is 11.5 Å². The van der Waals surface area contributed by atoms with Crippen LogP contribution in [0.5, 0.6) is 0 Å². The van der Waals surface area contributed by atoms with Crippen molar-refractivity contribution >= 4 is 12.0 Å². The number of hydrogen-bond acceptors (Lipinski definition) is 6. The van der Waals surface area contributed by atoms with Crippen LogP contribution in [-0.4, -0.2) is 40.0 Å². The van der Waals surface area contributed by atoms with Gasteiger partial charge in [-0.15, -0.1) is 0 Å². The summed E-state index contributed by atoms with van der Waals surface area (Å²) in [6.07, 6.45) is -0.688. The molecule has 0 unspecified atom stereocenters. The number of amides is 1. The Labute approximate surface area is 97.8 Å².